The van der Waals surface area contributed by atoms with E-state index in [0.29, 0.717) is 16.5 Å². The number of hydrogen-bond donors (Lipinski definition) is 2. The molecule has 1 saturated carbocycles. The Balaban J connectivity index is 1.95. The first-order chi connectivity index (χ1) is 9.56. The minimum Gasteiger partial charge on any atom is -0.396 e. The van der Waals surface area contributed by atoms with E-state index in [1.807, 2.05) is 13.0 Å². The summed E-state index contributed by atoms with van der Waals surface area (Å²) in [5.41, 5.74) is 0.992. The van der Waals surface area contributed by atoms with Gasteiger partial charge in [-0.25, -0.2) is 0 Å². The van der Waals surface area contributed by atoms with Gasteiger partial charge in [0.2, 0.25) is 5.91 Å². The molecular weight excluding hydrogens is 297 g/mol. The van der Waals surface area contributed by atoms with Crippen LogP contribution in [0.25, 0.3) is 0 Å². The zero-order chi connectivity index (χ0) is 14.7. The summed E-state index contributed by atoms with van der Waals surface area (Å²) in [5.74, 6) is 0.231. The summed E-state index contributed by atoms with van der Waals surface area (Å²) >= 11 is 12.0. The fourth-order valence-electron chi connectivity index (χ4n) is 2.47. The molecule has 3 unspecified atom stereocenters. The van der Waals surface area contributed by atoms with Gasteiger partial charge in [-0.2, -0.15) is 0 Å². The number of aliphatic hydroxyl groups excluding tert-OH is 1. The van der Waals surface area contributed by atoms with Crippen molar-refractivity contribution in [3.8, 4) is 0 Å². The third-order valence-corrected chi connectivity index (χ3v) is 4.37. The maximum atomic E-state index is 12.1. The topological polar surface area (TPSA) is 49.3 Å². The summed E-state index contributed by atoms with van der Waals surface area (Å²) in [7, 11) is 0. The molecule has 1 aliphatic rings. The van der Waals surface area contributed by atoms with Crippen molar-refractivity contribution in [1.82, 2.24) is 5.32 Å². The lowest BCUT2D eigenvalue weighted by Crippen LogP contribution is -2.36. The molecule has 1 aromatic carbocycles. The highest BCUT2D eigenvalue weighted by molar-refractivity contribution is 6.35. The van der Waals surface area contributed by atoms with Gasteiger partial charge in [0.25, 0.3) is 0 Å². The molecule has 0 saturated heterocycles. The van der Waals surface area contributed by atoms with E-state index >= 15 is 0 Å². The van der Waals surface area contributed by atoms with E-state index in [1.165, 1.54) is 0 Å². The fourth-order valence-corrected chi connectivity index (χ4v) is 3.02. The first-order valence-corrected chi connectivity index (χ1v) is 7.68. The number of aliphatic hydroxyl groups is 1. The largest absolute Gasteiger partial charge is 0.396 e. The minimum absolute atomic E-state index is 0.0126. The number of halogens is 2. The third kappa shape index (κ3) is 3.66. The van der Waals surface area contributed by atoms with Crippen LogP contribution < -0.4 is 5.32 Å². The average Bonchev–Trinajstić information content (AvgIpc) is 3.18. The monoisotopic (exact) mass is 315 g/mol. The molecule has 1 amide bonds. The van der Waals surface area contributed by atoms with E-state index in [4.69, 9.17) is 28.3 Å². The molecule has 3 nitrogen and oxygen atoms in total. The molecule has 1 fully saturated rings. The molecule has 110 valence electrons. The highest BCUT2D eigenvalue weighted by Gasteiger charge is 2.45. The van der Waals surface area contributed by atoms with Crippen LogP contribution in [0.1, 0.15) is 37.7 Å². The Hall–Kier alpha value is -0.770. The van der Waals surface area contributed by atoms with Gasteiger partial charge in [-0.15, -0.1) is 0 Å². The Bertz CT molecular complexity index is 493. The summed E-state index contributed by atoms with van der Waals surface area (Å²) < 4.78 is 0. The van der Waals surface area contributed by atoms with Crippen LogP contribution in [0.5, 0.6) is 0 Å². The zero-order valence-corrected chi connectivity index (χ0v) is 12.9. The van der Waals surface area contributed by atoms with Gasteiger partial charge in [0.05, 0.1) is 0 Å². The highest BCUT2D eigenvalue weighted by Crippen LogP contribution is 2.50. The Kier molecular flexibility index (Phi) is 5.30. The van der Waals surface area contributed by atoms with Gasteiger partial charge in [-0.3, -0.25) is 4.79 Å². The Morgan fingerprint density at radius 1 is 1.50 bits per heavy atom. The maximum absolute atomic E-state index is 12.1. The predicted octanol–water partition coefficient (Wildman–Crippen LogP) is 3.37. The SMILES string of the molecule is CCC(CCO)NC(=O)C1CC1c1ccc(Cl)cc1Cl. The van der Waals surface area contributed by atoms with Crippen molar-refractivity contribution in [2.24, 2.45) is 5.92 Å². The summed E-state index contributed by atoms with van der Waals surface area (Å²) in [6, 6.07) is 5.46. The lowest BCUT2D eigenvalue weighted by atomic mass is 10.1. The van der Waals surface area contributed by atoms with E-state index in [9.17, 15) is 4.79 Å². The van der Waals surface area contributed by atoms with Crippen LogP contribution in [-0.2, 0) is 4.79 Å². The average molecular weight is 316 g/mol. The van der Waals surface area contributed by atoms with E-state index in [1.54, 1.807) is 12.1 Å². The number of benzene rings is 1. The molecule has 5 heteroatoms. The molecule has 0 heterocycles. The normalized spacial score (nSPS) is 22.4. The number of rotatable bonds is 6. The summed E-state index contributed by atoms with van der Waals surface area (Å²) in [6.07, 6.45) is 2.25. The molecule has 2 N–H and O–H groups in total. The summed E-state index contributed by atoms with van der Waals surface area (Å²) in [5, 5.41) is 13.2. The van der Waals surface area contributed by atoms with Crippen LogP contribution in [-0.4, -0.2) is 23.7 Å². The van der Waals surface area contributed by atoms with Crippen LogP contribution in [0.15, 0.2) is 18.2 Å². The molecule has 0 aliphatic heterocycles. The molecular formula is C15H19Cl2NO2. The van der Waals surface area contributed by atoms with Gasteiger partial charge in [0.1, 0.15) is 0 Å². The first-order valence-electron chi connectivity index (χ1n) is 6.93. The maximum Gasteiger partial charge on any atom is 0.223 e. The van der Waals surface area contributed by atoms with Crippen LogP contribution in [0, 0.1) is 5.92 Å². The van der Waals surface area contributed by atoms with Gasteiger partial charge in [-0.1, -0.05) is 36.2 Å². The number of amides is 1. The molecule has 20 heavy (non-hydrogen) atoms. The van der Waals surface area contributed by atoms with Crippen molar-refractivity contribution in [2.45, 2.75) is 38.1 Å². The lowest BCUT2D eigenvalue weighted by molar-refractivity contribution is -0.123. The second-order valence-corrected chi connectivity index (χ2v) is 6.08. The number of carbonyl (C=O) groups excluding carboxylic acids is 1. The Labute approximate surface area is 129 Å². The smallest absolute Gasteiger partial charge is 0.223 e. The van der Waals surface area contributed by atoms with E-state index < -0.39 is 0 Å². The van der Waals surface area contributed by atoms with Crippen molar-refractivity contribution in [2.75, 3.05) is 6.61 Å². The predicted molar refractivity (Wildman–Crippen MR) is 81.2 cm³/mol. The van der Waals surface area contributed by atoms with Crippen molar-refractivity contribution in [3.05, 3.63) is 33.8 Å². The van der Waals surface area contributed by atoms with Crippen molar-refractivity contribution >= 4 is 29.1 Å². The van der Waals surface area contributed by atoms with Crippen LogP contribution in [0.4, 0.5) is 0 Å². The van der Waals surface area contributed by atoms with Crippen molar-refractivity contribution < 1.29 is 9.90 Å². The van der Waals surface area contributed by atoms with Gasteiger partial charge in [0, 0.05) is 28.6 Å². The first kappa shape index (κ1) is 15.6. The van der Waals surface area contributed by atoms with E-state index in [-0.39, 0.29) is 30.4 Å². The molecule has 0 aromatic heterocycles. The standard InChI is InChI=1S/C15H19Cl2NO2/c1-2-10(5-6-19)18-15(20)13-8-12(13)11-4-3-9(16)7-14(11)17/h3-4,7,10,12-13,19H,2,5-6,8H2,1H3,(H,18,20). The molecule has 1 aromatic rings. The molecule has 0 spiro atoms. The Morgan fingerprint density at radius 2 is 2.25 bits per heavy atom. The molecule has 0 bridgehead atoms. The van der Waals surface area contributed by atoms with Crippen LogP contribution in [0.2, 0.25) is 10.0 Å². The number of carbonyl (C=O) groups is 1. The molecule has 2 rings (SSSR count). The number of hydrogen-bond acceptors (Lipinski definition) is 2. The van der Waals surface area contributed by atoms with E-state index in [2.05, 4.69) is 5.32 Å². The molecule has 0 radical (unpaired) electrons. The van der Waals surface area contributed by atoms with Gasteiger partial charge in [-0.05, 0) is 42.9 Å². The summed E-state index contributed by atoms with van der Waals surface area (Å²) in [6.45, 7) is 2.09. The number of nitrogens with one attached hydrogen (secondary N) is 1. The van der Waals surface area contributed by atoms with Crippen LogP contribution in [0.3, 0.4) is 0 Å². The van der Waals surface area contributed by atoms with Crippen LogP contribution >= 0.6 is 23.2 Å². The van der Waals surface area contributed by atoms with Gasteiger partial charge in [0.15, 0.2) is 0 Å². The molecule has 3 atom stereocenters. The van der Waals surface area contributed by atoms with Crippen molar-refractivity contribution in [1.29, 1.82) is 0 Å². The quantitative estimate of drug-likeness (QED) is 0.845. The van der Waals surface area contributed by atoms with Gasteiger partial charge >= 0.3 is 0 Å². The third-order valence-electron chi connectivity index (χ3n) is 3.81. The second kappa shape index (κ2) is 6.79. The second-order valence-electron chi connectivity index (χ2n) is 5.24. The molecule has 1 aliphatic carbocycles. The summed E-state index contributed by atoms with van der Waals surface area (Å²) in [4.78, 5) is 12.1. The zero-order valence-electron chi connectivity index (χ0n) is 11.4. The minimum atomic E-state index is -0.0126. The highest BCUT2D eigenvalue weighted by atomic mass is 35.5. The van der Waals surface area contributed by atoms with E-state index in [0.717, 1.165) is 18.4 Å². The van der Waals surface area contributed by atoms with Gasteiger partial charge < -0.3 is 10.4 Å². The fraction of sp³-hybridized carbons (Fsp3) is 0.533. The Morgan fingerprint density at radius 3 is 2.85 bits per heavy atom. The van der Waals surface area contributed by atoms with Crippen molar-refractivity contribution in [3.63, 3.8) is 0 Å². The lowest BCUT2D eigenvalue weighted by Gasteiger charge is -2.15.